The zero-order valence-corrected chi connectivity index (χ0v) is 18.2. The van der Waals surface area contributed by atoms with Crippen LogP contribution in [0.15, 0.2) is 48.0 Å². The van der Waals surface area contributed by atoms with E-state index in [4.69, 9.17) is 4.98 Å². The molecule has 3 heterocycles. The Morgan fingerprint density at radius 3 is 2.62 bits per heavy atom. The van der Waals surface area contributed by atoms with Crippen molar-refractivity contribution < 1.29 is 14.3 Å². The quantitative estimate of drug-likeness (QED) is 0.432. The van der Waals surface area contributed by atoms with Crippen LogP contribution < -0.4 is 0 Å². The average Bonchev–Trinajstić information content (AvgIpc) is 3.47. The Morgan fingerprint density at radius 1 is 1.12 bits per heavy atom. The highest BCUT2D eigenvalue weighted by molar-refractivity contribution is 7.16. The van der Waals surface area contributed by atoms with Crippen LogP contribution in [0.2, 0.25) is 0 Å². The fraction of sp³-hybridized carbons (Fsp3) is 0.320. The summed E-state index contributed by atoms with van der Waals surface area (Å²) in [6.45, 7) is 0.846. The zero-order chi connectivity index (χ0) is 21.9. The Kier molecular flexibility index (Phi) is 4.43. The van der Waals surface area contributed by atoms with Gasteiger partial charge in [-0.3, -0.25) is 4.79 Å². The summed E-state index contributed by atoms with van der Waals surface area (Å²) >= 11 is 1.61. The second-order valence-corrected chi connectivity index (χ2v) is 10.0. The number of hydrogen-bond donors (Lipinski definition) is 1. The van der Waals surface area contributed by atoms with E-state index in [1.807, 2.05) is 11.6 Å². The Labute approximate surface area is 188 Å². The lowest BCUT2D eigenvalue weighted by Crippen LogP contribution is -2.32. The van der Waals surface area contributed by atoms with Gasteiger partial charge in [0.05, 0.1) is 33.0 Å². The first-order valence-electron chi connectivity index (χ1n) is 10.9. The third-order valence-corrected chi connectivity index (χ3v) is 7.98. The van der Waals surface area contributed by atoms with Crippen LogP contribution in [-0.2, 0) is 17.8 Å². The van der Waals surface area contributed by atoms with E-state index < -0.39 is 5.97 Å². The molecular weight excluding hydrogens is 425 g/mol. The SMILES string of the molecule is O=C(O)C1CCC2(CC1)Cc1nc(-c3ccc(F)cc3)c(-c3ccc4ncsc4c3)n1C2. The molecule has 1 spiro atoms. The Bertz CT molecular complexity index is 1330. The van der Waals surface area contributed by atoms with Crippen molar-refractivity contribution in [2.75, 3.05) is 0 Å². The number of thiazole rings is 1. The maximum Gasteiger partial charge on any atom is 0.306 e. The highest BCUT2D eigenvalue weighted by Crippen LogP contribution is 2.49. The van der Waals surface area contributed by atoms with Gasteiger partial charge in [-0.2, -0.15) is 0 Å². The van der Waals surface area contributed by atoms with E-state index >= 15 is 0 Å². The molecule has 2 aromatic carbocycles. The molecule has 1 aliphatic carbocycles. The molecule has 1 aliphatic heterocycles. The first-order chi connectivity index (χ1) is 15.5. The van der Waals surface area contributed by atoms with Gasteiger partial charge < -0.3 is 9.67 Å². The van der Waals surface area contributed by atoms with Crippen molar-refractivity contribution in [2.24, 2.45) is 11.3 Å². The summed E-state index contributed by atoms with van der Waals surface area (Å²) in [6, 6.07) is 12.8. The minimum absolute atomic E-state index is 0.0823. The van der Waals surface area contributed by atoms with E-state index in [1.54, 1.807) is 23.5 Å². The maximum atomic E-state index is 13.6. The number of fused-ring (bicyclic) bond motifs is 2. The minimum atomic E-state index is -0.673. The molecule has 0 atom stereocenters. The molecule has 162 valence electrons. The fourth-order valence-electron chi connectivity index (χ4n) is 5.45. The lowest BCUT2D eigenvalue weighted by atomic mass is 9.69. The number of carboxylic acid groups (broad SMARTS) is 1. The van der Waals surface area contributed by atoms with E-state index in [0.717, 1.165) is 77.2 Å². The van der Waals surface area contributed by atoms with Crippen molar-refractivity contribution in [1.29, 1.82) is 0 Å². The summed E-state index contributed by atoms with van der Waals surface area (Å²) in [5.74, 6) is -0.121. The molecule has 2 aromatic heterocycles. The number of rotatable bonds is 3. The van der Waals surface area contributed by atoms with E-state index in [-0.39, 0.29) is 17.2 Å². The summed E-state index contributed by atoms with van der Waals surface area (Å²) in [4.78, 5) is 20.9. The molecule has 4 aromatic rings. The molecule has 6 rings (SSSR count). The van der Waals surface area contributed by atoms with Gasteiger partial charge in [-0.05, 0) is 67.5 Å². The normalized spacial score (nSPS) is 22.5. The Morgan fingerprint density at radius 2 is 1.88 bits per heavy atom. The number of hydrogen-bond acceptors (Lipinski definition) is 4. The van der Waals surface area contributed by atoms with Crippen LogP contribution in [0.3, 0.4) is 0 Å². The summed E-state index contributed by atoms with van der Waals surface area (Å²) in [5, 5.41) is 9.40. The Hall–Kier alpha value is -3.06. The average molecular weight is 448 g/mol. The van der Waals surface area contributed by atoms with Crippen LogP contribution >= 0.6 is 11.3 Å². The van der Waals surface area contributed by atoms with Gasteiger partial charge in [-0.15, -0.1) is 11.3 Å². The number of aliphatic carboxylic acids is 1. The first-order valence-corrected chi connectivity index (χ1v) is 11.8. The number of carboxylic acids is 1. The Balaban J connectivity index is 1.44. The predicted octanol–water partition coefficient (Wildman–Crippen LogP) is 5.78. The van der Waals surface area contributed by atoms with Crippen molar-refractivity contribution in [1.82, 2.24) is 14.5 Å². The number of carbonyl (C=O) groups is 1. The van der Waals surface area contributed by atoms with Crippen LogP contribution in [0.1, 0.15) is 31.5 Å². The molecule has 2 aliphatic rings. The number of nitrogens with zero attached hydrogens (tertiary/aromatic N) is 3. The van der Waals surface area contributed by atoms with Crippen molar-refractivity contribution in [3.05, 3.63) is 59.6 Å². The monoisotopic (exact) mass is 447 g/mol. The van der Waals surface area contributed by atoms with Crippen molar-refractivity contribution in [3.63, 3.8) is 0 Å². The van der Waals surface area contributed by atoms with Gasteiger partial charge in [0.25, 0.3) is 0 Å². The fourth-order valence-corrected chi connectivity index (χ4v) is 6.16. The minimum Gasteiger partial charge on any atom is -0.481 e. The predicted molar refractivity (Wildman–Crippen MR) is 122 cm³/mol. The van der Waals surface area contributed by atoms with E-state index in [2.05, 4.69) is 21.7 Å². The lowest BCUT2D eigenvalue weighted by Gasteiger charge is -2.35. The van der Waals surface area contributed by atoms with Crippen LogP contribution in [0, 0.1) is 17.2 Å². The highest BCUT2D eigenvalue weighted by atomic mass is 32.1. The number of aromatic nitrogens is 3. The van der Waals surface area contributed by atoms with Crippen LogP contribution in [0.25, 0.3) is 32.7 Å². The third kappa shape index (κ3) is 3.14. The number of benzene rings is 2. The van der Waals surface area contributed by atoms with Crippen molar-refractivity contribution in [3.8, 4) is 22.5 Å². The van der Waals surface area contributed by atoms with Gasteiger partial charge in [0, 0.05) is 24.1 Å². The van der Waals surface area contributed by atoms with Gasteiger partial charge in [0.15, 0.2) is 0 Å². The van der Waals surface area contributed by atoms with Crippen molar-refractivity contribution in [2.45, 2.75) is 38.6 Å². The zero-order valence-electron chi connectivity index (χ0n) is 17.4. The molecule has 0 unspecified atom stereocenters. The van der Waals surface area contributed by atoms with Crippen molar-refractivity contribution >= 4 is 27.5 Å². The summed E-state index contributed by atoms with van der Waals surface area (Å²) in [6.07, 6.45) is 4.13. The summed E-state index contributed by atoms with van der Waals surface area (Å²) < 4.78 is 17.0. The van der Waals surface area contributed by atoms with Gasteiger partial charge in [0.2, 0.25) is 0 Å². The molecule has 32 heavy (non-hydrogen) atoms. The van der Waals surface area contributed by atoms with E-state index in [0.29, 0.717) is 0 Å². The van der Waals surface area contributed by atoms with Crippen LogP contribution in [0.5, 0.6) is 0 Å². The second kappa shape index (κ2) is 7.24. The molecule has 0 bridgehead atoms. The number of imidazole rings is 1. The third-order valence-electron chi connectivity index (χ3n) is 7.19. The smallest absolute Gasteiger partial charge is 0.306 e. The molecule has 1 fully saturated rings. The summed E-state index contributed by atoms with van der Waals surface area (Å²) in [7, 11) is 0. The maximum absolute atomic E-state index is 13.6. The van der Waals surface area contributed by atoms with E-state index in [1.165, 1.54) is 12.1 Å². The molecule has 5 nitrogen and oxygen atoms in total. The van der Waals surface area contributed by atoms with Gasteiger partial charge in [0.1, 0.15) is 11.6 Å². The molecule has 1 saturated carbocycles. The van der Waals surface area contributed by atoms with Gasteiger partial charge >= 0.3 is 5.97 Å². The lowest BCUT2D eigenvalue weighted by molar-refractivity contribution is -0.143. The summed E-state index contributed by atoms with van der Waals surface area (Å²) in [5.41, 5.74) is 6.82. The molecule has 0 saturated heterocycles. The van der Waals surface area contributed by atoms with Gasteiger partial charge in [-0.25, -0.2) is 14.4 Å². The standard InChI is InChI=1S/C25H22FN3O2S/c26-18-4-1-15(2-5-18)22-23(17-3-6-19-20(11-17)32-14-27-19)29-13-25(12-21(29)28-22)9-7-16(8-10-25)24(30)31/h1-6,11,14,16H,7-10,12-13H2,(H,30,31). The number of halogens is 1. The molecule has 0 radical (unpaired) electrons. The van der Waals surface area contributed by atoms with Crippen LogP contribution in [0.4, 0.5) is 4.39 Å². The first kappa shape index (κ1) is 19.6. The molecule has 0 amide bonds. The second-order valence-electron chi connectivity index (χ2n) is 9.14. The topological polar surface area (TPSA) is 68.0 Å². The molecule has 1 N–H and O–H groups in total. The molecule has 7 heteroatoms. The van der Waals surface area contributed by atoms with E-state index in [9.17, 15) is 14.3 Å². The van der Waals surface area contributed by atoms with Gasteiger partial charge in [-0.1, -0.05) is 6.07 Å². The van der Waals surface area contributed by atoms with Crippen LogP contribution in [-0.4, -0.2) is 25.6 Å². The largest absolute Gasteiger partial charge is 0.481 e. The molecular formula is C25H22FN3O2S. The highest BCUT2D eigenvalue weighted by Gasteiger charge is 2.44.